The summed E-state index contributed by atoms with van der Waals surface area (Å²) in [6.07, 6.45) is 4.73. The summed E-state index contributed by atoms with van der Waals surface area (Å²) in [5.41, 5.74) is 0.0693. The van der Waals surface area contributed by atoms with Gasteiger partial charge < -0.3 is 5.32 Å². The number of nitro benzene ring substituents is 1. The molecule has 2 aliphatic heterocycles. The second kappa shape index (κ2) is 7.53. The third-order valence-corrected chi connectivity index (χ3v) is 6.03. The van der Waals surface area contributed by atoms with Gasteiger partial charge in [-0.15, -0.1) is 11.8 Å². The van der Waals surface area contributed by atoms with Gasteiger partial charge in [-0.1, -0.05) is 6.42 Å². The quantitative estimate of drug-likeness (QED) is 0.502. The fourth-order valence-electron chi connectivity index (χ4n) is 3.62. The zero-order valence-corrected chi connectivity index (χ0v) is 14.6. The van der Waals surface area contributed by atoms with Crippen LogP contribution in [0.15, 0.2) is 29.2 Å². The highest BCUT2D eigenvalue weighted by Gasteiger charge is 2.36. The predicted molar refractivity (Wildman–Crippen MR) is 94.2 cm³/mol. The van der Waals surface area contributed by atoms with E-state index in [1.165, 1.54) is 43.2 Å². The minimum atomic E-state index is -0.416. The van der Waals surface area contributed by atoms with E-state index in [2.05, 4.69) is 10.2 Å². The molecule has 2 fully saturated rings. The second-order valence-corrected chi connectivity index (χ2v) is 7.93. The van der Waals surface area contributed by atoms with Crippen molar-refractivity contribution in [2.75, 3.05) is 13.1 Å². The van der Waals surface area contributed by atoms with E-state index >= 15 is 0 Å². The summed E-state index contributed by atoms with van der Waals surface area (Å²) in [6, 6.07) is 7.11. The van der Waals surface area contributed by atoms with Gasteiger partial charge in [-0.3, -0.25) is 19.8 Å². The Morgan fingerprint density at radius 1 is 1.29 bits per heavy atom. The third kappa shape index (κ3) is 3.89. The van der Waals surface area contributed by atoms with Gasteiger partial charge in [-0.2, -0.15) is 0 Å². The lowest BCUT2D eigenvalue weighted by atomic mass is 9.99. The van der Waals surface area contributed by atoms with Crippen LogP contribution in [0.1, 0.15) is 32.6 Å². The van der Waals surface area contributed by atoms with Gasteiger partial charge >= 0.3 is 0 Å². The van der Waals surface area contributed by atoms with Crippen molar-refractivity contribution in [1.82, 2.24) is 10.2 Å². The molecule has 3 atom stereocenters. The summed E-state index contributed by atoms with van der Waals surface area (Å²) in [7, 11) is 0. The van der Waals surface area contributed by atoms with Gasteiger partial charge in [0.2, 0.25) is 5.91 Å². The monoisotopic (exact) mass is 349 g/mol. The van der Waals surface area contributed by atoms with Crippen LogP contribution in [-0.4, -0.2) is 46.2 Å². The highest BCUT2D eigenvalue weighted by atomic mass is 32.2. The Hall–Kier alpha value is -1.60. The standard InChI is InChI=1S/C17H23N3O3S/c1-12(24-14-7-5-13(6-8-14)20(22)23)17(21)18-15-9-11-19-10-3-2-4-16(15)19/h5-8,12,15-16H,2-4,9-11H2,1H3,(H,18,21)/t12-,15-,16+/m0/s1. The number of thioether (sulfide) groups is 1. The van der Waals surface area contributed by atoms with Crippen molar-refractivity contribution in [3.05, 3.63) is 34.4 Å². The number of carbonyl (C=O) groups excluding carboxylic acids is 1. The molecule has 0 unspecified atom stereocenters. The number of rotatable bonds is 5. The first-order valence-corrected chi connectivity index (χ1v) is 9.38. The lowest BCUT2D eigenvalue weighted by Crippen LogP contribution is -2.48. The molecule has 24 heavy (non-hydrogen) atoms. The Morgan fingerprint density at radius 2 is 2.04 bits per heavy atom. The maximum Gasteiger partial charge on any atom is 0.269 e. The summed E-state index contributed by atoms with van der Waals surface area (Å²) >= 11 is 1.44. The molecular formula is C17H23N3O3S. The third-order valence-electron chi connectivity index (χ3n) is 4.91. The molecule has 0 radical (unpaired) electrons. The highest BCUT2D eigenvalue weighted by Crippen LogP contribution is 2.29. The van der Waals surface area contributed by atoms with Gasteiger partial charge in [0.15, 0.2) is 0 Å². The van der Waals surface area contributed by atoms with E-state index in [-0.39, 0.29) is 22.9 Å². The van der Waals surface area contributed by atoms with Crippen LogP contribution in [0, 0.1) is 10.1 Å². The smallest absolute Gasteiger partial charge is 0.269 e. The molecule has 1 N–H and O–H groups in total. The number of nitro groups is 1. The lowest BCUT2D eigenvalue weighted by Gasteiger charge is -2.32. The Bertz CT molecular complexity index is 608. The van der Waals surface area contributed by atoms with E-state index in [0.29, 0.717) is 6.04 Å². The summed E-state index contributed by atoms with van der Waals surface area (Å²) in [6.45, 7) is 4.12. The van der Waals surface area contributed by atoms with Gasteiger partial charge in [0, 0.05) is 35.7 Å². The van der Waals surface area contributed by atoms with Gasteiger partial charge in [-0.05, 0) is 44.9 Å². The van der Waals surface area contributed by atoms with Crippen LogP contribution >= 0.6 is 11.8 Å². The molecule has 0 aliphatic carbocycles. The number of non-ortho nitro benzene ring substituents is 1. The largest absolute Gasteiger partial charge is 0.351 e. The van der Waals surface area contributed by atoms with Crippen LogP contribution in [0.3, 0.4) is 0 Å². The van der Waals surface area contributed by atoms with E-state index in [0.717, 1.165) is 24.4 Å². The molecule has 0 saturated carbocycles. The molecule has 3 rings (SSSR count). The fourth-order valence-corrected chi connectivity index (χ4v) is 4.50. The average molecular weight is 349 g/mol. The van der Waals surface area contributed by atoms with Crippen molar-refractivity contribution in [2.45, 2.75) is 54.8 Å². The Kier molecular flexibility index (Phi) is 5.40. The molecule has 0 spiro atoms. The maximum atomic E-state index is 12.5. The normalized spacial score (nSPS) is 25.0. The molecule has 2 aliphatic rings. The van der Waals surface area contributed by atoms with Crippen LogP contribution in [-0.2, 0) is 4.79 Å². The second-order valence-electron chi connectivity index (χ2n) is 6.51. The zero-order chi connectivity index (χ0) is 17.1. The molecule has 1 aromatic rings. The Morgan fingerprint density at radius 3 is 2.75 bits per heavy atom. The minimum absolute atomic E-state index is 0.0516. The van der Waals surface area contributed by atoms with Crippen molar-refractivity contribution >= 4 is 23.4 Å². The predicted octanol–water partition coefficient (Wildman–Crippen LogP) is 2.82. The number of amides is 1. The van der Waals surface area contributed by atoms with Gasteiger partial charge in [0.1, 0.15) is 0 Å². The van der Waals surface area contributed by atoms with E-state index < -0.39 is 4.92 Å². The molecule has 1 aromatic carbocycles. The van der Waals surface area contributed by atoms with E-state index in [1.54, 1.807) is 12.1 Å². The number of piperidine rings is 1. The fraction of sp³-hybridized carbons (Fsp3) is 0.588. The summed E-state index contributed by atoms with van der Waals surface area (Å²) in [5, 5.41) is 13.7. The van der Waals surface area contributed by atoms with Gasteiger partial charge in [-0.25, -0.2) is 0 Å². The number of hydrogen-bond donors (Lipinski definition) is 1. The number of hydrogen-bond acceptors (Lipinski definition) is 5. The van der Waals surface area contributed by atoms with E-state index in [4.69, 9.17) is 0 Å². The van der Waals surface area contributed by atoms with E-state index in [1.807, 2.05) is 6.92 Å². The highest BCUT2D eigenvalue weighted by molar-refractivity contribution is 8.00. The first-order chi connectivity index (χ1) is 11.5. The van der Waals surface area contributed by atoms with Crippen LogP contribution in [0.25, 0.3) is 0 Å². The first-order valence-electron chi connectivity index (χ1n) is 8.50. The first kappa shape index (κ1) is 17.2. The van der Waals surface area contributed by atoms with Crippen LogP contribution in [0.2, 0.25) is 0 Å². The molecule has 0 bridgehead atoms. The number of nitrogens with zero attached hydrogens (tertiary/aromatic N) is 2. The summed E-state index contributed by atoms with van der Waals surface area (Å²) < 4.78 is 0. The molecule has 2 heterocycles. The minimum Gasteiger partial charge on any atom is -0.351 e. The number of fused-ring (bicyclic) bond motifs is 1. The number of benzene rings is 1. The SMILES string of the molecule is C[C@H](Sc1ccc([N+](=O)[O-])cc1)C(=O)N[C@H]1CCN2CCCC[C@H]12. The van der Waals surface area contributed by atoms with Gasteiger partial charge in [0.05, 0.1) is 10.2 Å². The number of nitrogens with one attached hydrogen (secondary N) is 1. The van der Waals surface area contributed by atoms with E-state index in [9.17, 15) is 14.9 Å². The molecule has 2 saturated heterocycles. The van der Waals surface area contributed by atoms with Crippen LogP contribution in [0.5, 0.6) is 0 Å². The average Bonchev–Trinajstić information content (AvgIpc) is 2.98. The summed E-state index contributed by atoms with van der Waals surface area (Å²) in [5.74, 6) is 0.0516. The van der Waals surface area contributed by atoms with Crippen molar-refractivity contribution < 1.29 is 9.72 Å². The van der Waals surface area contributed by atoms with Crippen LogP contribution < -0.4 is 5.32 Å². The van der Waals surface area contributed by atoms with Crippen molar-refractivity contribution in [3.63, 3.8) is 0 Å². The van der Waals surface area contributed by atoms with Crippen molar-refractivity contribution in [3.8, 4) is 0 Å². The Balaban J connectivity index is 1.54. The molecular weight excluding hydrogens is 326 g/mol. The lowest BCUT2D eigenvalue weighted by molar-refractivity contribution is -0.384. The molecule has 7 heteroatoms. The topological polar surface area (TPSA) is 75.5 Å². The molecule has 0 aromatic heterocycles. The zero-order valence-electron chi connectivity index (χ0n) is 13.8. The van der Waals surface area contributed by atoms with Crippen LogP contribution in [0.4, 0.5) is 5.69 Å². The molecule has 1 amide bonds. The molecule has 6 nitrogen and oxygen atoms in total. The number of carbonyl (C=O) groups is 1. The van der Waals surface area contributed by atoms with Crippen molar-refractivity contribution in [2.24, 2.45) is 0 Å². The summed E-state index contributed by atoms with van der Waals surface area (Å²) in [4.78, 5) is 26.1. The molecule has 130 valence electrons. The van der Waals surface area contributed by atoms with Crippen molar-refractivity contribution in [1.29, 1.82) is 0 Å². The van der Waals surface area contributed by atoms with Gasteiger partial charge in [0.25, 0.3) is 5.69 Å². The Labute approximate surface area is 146 Å². The maximum absolute atomic E-state index is 12.5.